The molecule has 1 aliphatic carbocycles. The van der Waals surface area contributed by atoms with Crippen LogP contribution < -0.4 is 4.74 Å². The molecule has 0 radical (unpaired) electrons. The Morgan fingerprint density at radius 2 is 1.96 bits per heavy atom. The van der Waals surface area contributed by atoms with Crippen molar-refractivity contribution in [1.82, 2.24) is 0 Å². The second-order valence-electron chi connectivity index (χ2n) is 5.50. The van der Waals surface area contributed by atoms with E-state index in [1.165, 1.54) is 6.07 Å². The molecule has 0 bridgehead atoms. The fraction of sp³-hybridized carbons (Fsp3) is 0.211. The maximum absolute atomic E-state index is 12.6. The van der Waals surface area contributed by atoms with E-state index in [2.05, 4.69) is 0 Å². The molecular formula is C19H18O4. The molecule has 0 heterocycles. The van der Waals surface area contributed by atoms with Crippen molar-refractivity contribution in [2.24, 2.45) is 0 Å². The minimum atomic E-state index is -0.0164. The van der Waals surface area contributed by atoms with Crippen LogP contribution in [0, 0.1) is 0 Å². The minimum absolute atomic E-state index is 0.0164. The predicted octanol–water partition coefficient (Wildman–Crippen LogP) is 3.71. The highest BCUT2D eigenvalue weighted by Gasteiger charge is 2.22. The van der Waals surface area contributed by atoms with Crippen molar-refractivity contribution in [3.8, 4) is 17.2 Å². The molecule has 1 aliphatic rings. The molecule has 0 saturated heterocycles. The first-order chi connectivity index (χ1) is 11.1. The van der Waals surface area contributed by atoms with Gasteiger partial charge in [0.25, 0.3) is 0 Å². The molecular weight excluding hydrogens is 292 g/mol. The van der Waals surface area contributed by atoms with Crippen LogP contribution in [0.15, 0.2) is 42.0 Å². The number of phenolic OH excluding ortho intramolecular Hbond substituents is 2. The predicted molar refractivity (Wildman–Crippen MR) is 88.0 cm³/mol. The average molecular weight is 310 g/mol. The zero-order valence-electron chi connectivity index (χ0n) is 12.9. The van der Waals surface area contributed by atoms with E-state index >= 15 is 0 Å². The van der Waals surface area contributed by atoms with Crippen molar-refractivity contribution >= 4 is 11.9 Å². The number of benzene rings is 2. The summed E-state index contributed by atoms with van der Waals surface area (Å²) in [7, 11) is 0. The minimum Gasteiger partial charge on any atom is -0.508 e. The second-order valence-corrected chi connectivity index (χ2v) is 5.50. The number of Topliss-reactive ketones (excluding diaryl/α,β-unsaturated/α-hetero) is 1. The van der Waals surface area contributed by atoms with E-state index in [1.54, 1.807) is 30.3 Å². The van der Waals surface area contributed by atoms with Gasteiger partial charge in [-0.05, 0) is 67.3 Å². The van der Waals surface area contributed by atoms with Crippen molar-refractivity contribution in [3.05, 3.63) is 58.7 Å². The normalized spacial score (nSPS) is 15.5. The van der Waals surface area contributed by atoms with Crippen LogP contribution in [0.1, 0.15) is 34.8 Å². The van der Waals surface area contributed by atoms with Gasteiger partial charge in [0.1, 0.15) is 5.75 Å². The summed E-state index contributed by atoms with van der Waals surface area (Å²) in [4.78, 5) is 12.6. The second kappa shape index (κ2) is 6.16. The molecule has 0 amide bonds. The molecule has 3 rings (SSSR count). The molecule has 0 fully saturated rings. The Bertz CT molecular complexity index is 790. The Hall–Kier alpha value is -2.75. The number of aromatic hydroxyl groups is 2. The van der Waals surface area contributed by atoms with Gasteiger partial charge >= 0.3 is 0 Å². The lowest BCUT2D eigenvalue weighted by atomic mass is 9.86. The van der Waals surface area contributed by atoms with Crippen LogP contribution in [0.4, 0.5) is 0 Å². The SMILES string of the molecule is CCOc1cc(/C=C2\CCc3cc(O)ccc3C2=O)ccc1O. The lowest BCUT2D eigenvalue weighted by Gasteiger charge is -2.17. The van der Waals surface area contributed by atoms with E-state index in [0.717, 1.165) is 23.1 Å². The van der Waals surface area contributed by atoms with Gasteiger partial charge in [0.05, 0.1) is 6.61 Å². The molecule has 0 aromatic heterocycles. The van der Waals surface area contributed by atoms with Crippen molar-refractivity contribution in [3.63, 3.8) is 0 Å². The number of hydrogen-bond acceptors (Lipinski definition) is 4. The number of ketones is 1. The largest absolute Gasteiger partial charge is 0.508 e. The average Bonchev–Trinajstić information content (AvgIpc) is 2.53. The molecule has 118 valence electrons. The van der Waals surface area contributed by atoms with Crippen molar-refractivity contribution < 1.29 is 19.7 Å². The number of carbonyl (C=O) groups excluding carboxylic acids is 1. The standard InChI is InChI=1S/C19H18O4/c1-2-23-18-10-12(3-8-17(18)21)9-14-5-4-13-11-15(20)6-7-16(13)19(14)22/h3,6-11,20-21H,2,4-5H2,1H3/b14-9+. The Morgan fingerprint density at radius 3 is 2.74 bits per heavy atom. The summed E-state index contributed by atoms with van der Waals surface area (Å²) < 4.78 is 5.37. The number of aryl methyl sites for hydroxylation is 1. The highest BCUT2D eigenvalue weighted by Crippen LogP contribution is 2.31. The summed E-state index contributed by atoms with van der Waals surface area (Å²) in [5, 5.41) is 19.3. The van der Waals surface area contributed by atoms with Gasteiger partial charge in [-0.15, -0.1) is 0 Å². The number of phenols is 2. The van der Waals surface area contributed by atoms with Gasteiger partial charge in [0.2, 0.25) is 0 Å². The number of rotatable bonds is 3. The molecule has 2 aromatic carbocycles. The van der Waals surface area contributed by atoms with Crippen LogP contribution in [0.25, 0.3) is 6.08 Å². The number of fused-ring (bicyclic) bond motifs is 1. The molecule has 2 aromatic rings. The zero-order chi connectivity index (χ0) is 16.4. The van der Waals surface area contributed by atoms with Crippen LogP contribution in [0.3, 0.4) is 0 Å². The zero-order valence-corrected chi connectivity index (χ0v) is 12.9. The first-order valence-corrected chi connectivity index (χ1v) is 7.61. The number of ether oxygens (including phenoxy) is 1. The summed E-state index contributed by atoms with van der Waals surface area (Å²) in [6, 6.07) is 9.90. The lowest BCUT2D eigenvalue weighted by molar-refractivity contribution is 0.102. The number of allylic oxidation sites excluding steroid dienone is 1. The Labute approximate surface area is 134 Å². The summed E-state index contributed by atoms with van der Waals surface area (Å²) in [6.07, 6.45) is 3.18. The Balaban J connectivity index is 1.93. The number of hydrogen-bond donors (Lipinski definition) is 2. The van der Waals surface area contributed by atoms with E-state index in [4.69, 9.17) is 4.74 Å². The van der Waals surface area contributed by atoms with Gasteiger partial charge < -0.3 is 14.9 Å². The van der Waals surface area contributed by atoms with E-state index < -0.39 is 0 Å². The van der Waals surface area contributed by atoms with Crippen LogP contribution in [-0.4, -0.2) is 22.6 Å². The quantitative estimate of drug-likeness (QED) is 0.848. The summed E-state index contributed by atoms with van der Waals surface area (Å²) >= 11 is 0. The maximum Gasteiger partial charge on any atom is 0.189 e. The van der Waals surface area contributed by atoms with Gasteiger partial charge in [-0.1, -0.05) is 6.07 Å². The Morgan fingerprint density at radius 1 is 1.13 bits per heavy atom. The van der Waals surface area contributed by atoms with Crippen LogP contribution in [0.2, 0.25) is 0 Å². The first-order valence-electron chi connectivity index (χ1n) is 7.61. The van der Waals surface area contributed by atoms with Crippen LogP contribution in [0.5, 0.6) is 17.2 Å². The molecule has 2 N–H and O–H groups in total. The van der Waals surface area contributed by atoms with Gasteiger partial charge in [0.15, 0.2) is 17.3 Å². The van der Waals surface area contributed by atoms with E-state index in [1.807, 2.05) is 13.0 Å². The third-order valence-electron chi connectivity index (χ3n) is 3.91. The van der Waals surface area contributed by atoms with Crippen molar-refractivity contribution in [1.29, 1.82) is 0 Å². The molecule has 0 spiro atoms. The molecule has 4 nitrogen and oxygen atoms in total. The highest BCUT2D eigenvalue weighted by molar-refractivity contribution is 6.13. The van der Waals surface area contributed by atoms with Crippen molar-refractivity contribution in [2.75, 3.05) is 6.61 Å². The smallest absolute Gasteiger partial charge is 0.189 e. The monoisotopic (exact) mass is 310 g/mol. The summed E-state index contributed by atoms with van der Waals surface area (Å²) in [5.74, 6) is 0.668. The first kappa shape index (κ1) is 15.2. The van der Waals surface area contributed by atoms with Gasteiger partial charge in [-0.2, -0.15) is 0 Å². The van der Waals surface area contributed by atoms with Crippen LogP contribution >= 0.6 is 0 Å². The molecule has 23 heavy (non-hydrogen) atoms. The third kappa shape index (κ3) is 3.06. The van der Waals surface area contributed by atoms with E-state index in [-0.39, 0.29) is 17.3 Å². The molecule has 0 saturated carbocycles. The third-order valence-corrected chi connectivity index (χ3v) is 3.91. The van der Waals surface area contributed by atoms with Crippen LogP contribution in [-0.2, 0) is 6.42 Å². The lowest BCUT2D eigenvalue weighted by Crippen LogP contribution is -2.13. The van der Waals surface area contributed by atoms with Gasteiger partial charge in [-0.3, -0.25) is 4.79 Å². The van der Waals surface area contributed by atoms with Gasteiger partial charge in [0, 0.05) is 11.1 Å². The fourth-order valence-corrected chi connectivity index (χ4v) is 2.79. The highest BCUT2D eigenvalue weighted by atomic mass is 16.5. The van der Waals surface area contributed by atoms with E-state index in [9.17, 15) is 15.0 Å². The van der Waals surface area contributed by atoms with E-state index in [0.29, 0.717) is 24.3 Å². The fourth-order valence-electron chi connectivity index (χ4n) is 2.79. The Kier molecular flexibility index (Phi) is 4.06. The topological polar surface area (TPSA) is 66.8 Å². The molecule has 0 atom stereocenters. The molecule has 0 unspecified atom stereocenters. The summed E-state index contributed by atoms with van der Waals surface area (Å²) in [6.45, 7) is 2.31. The van der Waals surface area contributed by atoms with Gasteiger partial charge in [-0.25, -0.2) is 0 Å². The summed E-state index contributed by atoms with van der Waals surface area (Å²) in [5.41, 5.74) is 3.06. The molecule has 0 aliphatic heterocycles. The number of carbonyl (C=O) groups is 1. The van der Waals surface area contributed by atoms with Crippen molar-refractivity contribution in [2.45, 2.75) is 19.8 Å². The maximum atomic E-state index is 12.6. The molecule has 4 heteroatoms.